The minimum atomic E-state index is 0.375. The number of fused-ring (bicyclic) bond motifs is 1. The van der Waals surface area contributed by atoms with Crippen LogP contribution in [0, 0.1) is 0 Å². The first-order valence-electron chi connectivity index (χ1n) is 6.77. The van der Waals surface area contributed by atoms with Gasteiger partial charge >= 0.3 is 0 Å². The molecular weight excluding hydrogens is 302 g/mol. The van der Waals surface area contributed by atoms with E-state index in [1.165, 1.54) is 0 Å². The maximum absolute atomic E-state index is 6.03. The second-order valence-electron chi connectivity index (χ2n) is 4.78. The van der Waals surface area contributed by atoms with Gasteiger partial charge in [0.2, 0.25) is 0 Å². The van der Waals surface area contributed by atoms with Gasteiger partial charge < -0.3 is 14.8 Å². The maximum atomic E-state index is 6.03. The monoisotopic (exact) mass is 317 g/mol. The summed E-state index contributed by atoms with van der Waals surface area (Å²) in [6.07, 6.45) is 0. The highest BCUT2D eigenvalue weighted by atomic mass is 35.5. The summed E-state index contributed by atoms with van der Waals surface area (Å²) in [7, 11) is 3.28. The number of nitrogens with one attached hydrogen (secondary N) is 1. The van der Waals surface area contributed by atoms with Crippen molar-refractivity contribution in [3.8, 4) is 5.75 Å². The number of halogens is 1. The molecule has 1 heterocycles. The van der Waals surface area contributed by atoms with Gasteiger partial charge in [-0.15, -0.1) is 0 Å². The Morgan fingerprint density at radius 1 is 1.18 bits per heavy atom. The minimum Gasteiger partial charge on any atom is -0.497 e. The average Bonchev–Trinajstić information content (AvgIpc) is 2.85. The minimum absolute atomic E-state index is 0.375. The van der Waals surface area contributed by atoms with Crippen molar-refractivity contribution in [1.29, 1.82) is 0 Å². The molecule has 0 atom stereocenters. The quantitative estimate of drug-likeness (QED) is 0.771. The van der Waals surface area contributed by atoms with Gasteiger partial charge in [-0.3, -0.25) is 0 Å². The fraction of sp³-hybridized carbons (Fsp3) is 0.188. The Morgan fingerprint density at radius 2 is 2.05 bits per heavy atom. The first-order valence-corrected chi connectivity index (χ1v) is 7.15. The average molecular weight is 318 g/mol. The van der Waals surface area contributed by atoms with Gasteiger partial charge in [-0.05, 0) is 36.4 Å². The molecule has 6 heteroatoms. The zero-order valence-corrected chi connectivity index (χ0v) is 13.1. The lowest BCUT2D eigenvalue weighted by molar-refractivity contribution is 0.124. The first kappa shape index (κ1) is 14.7. The van der Waals surface area contributed by atoms with Crippen LogP contribution >= 0.6 is 11.6 Å². The number of ether oxygens (including phenoxy) is 2. The highest BCUT2D eigenvalue weighted by Gasteiger charge is 2.12. The molecule has 0 spiro atoms. The number of methoxy groups -OCH3 is 2. The topological polar surface area (TPSA) is 48.3 Å². The number of anilines is 2. The lowest BCUT2D eigenvalue weighted by atomic mass is 10.2. The summed E-state index contributed by atoms with van der Waals surface area (Å²) in [5.41, 5.74) is 1.84. The summed E-state index contributed by atoms with van der Waals surface area (Å²) in [5, 5.41) is 9.48. The van der Waals surface area contributed by atoms with Gasteiger partial charge in [-0.1, -0.05) is 17.7 Å². The Balaban J connectivity index is 2.07. The van der Waals surface area contributed by atoms with Gasteiger partial charge in [-0.25, -0.2) is 4.68 Å². The lowest BCUT2D eigenvalue weighted by Gasteiger charge is -2.04. The number of hydrogen-bond acceptors (Lipinski definition) is 4. The third-order valence-electron chi connectivity index (χ3n) is 3.30. The SMILES string of the molecule is COCn1nc(Nc2cccc(Cl)c2)c2cc(OC)ccc21. The maximum Gasteiger partial charge on any atom is 0.160 e. The molecule has 0 fully saturated rings. The van der Waals surface area contributed by atoms with Crippen LogP contribution in [0.2, 0.25) is 5.02 Å². The van der Waals surface area contributed by atoms with Crippen LogP contribution < -0.4 is 10.1 Å². The fourth-order valence-corrected chi connectivity index (χ4v) is 2.49. The van der Waals surface area contributed by atoms with Crippen molar-refractivity contribution >= 4 is 34.0 Å². The molecule has 5 nitrogen and oxygen atoms in total. The molecule has 0 amide bonds. The van der Waals surface area contributed by atoms with Gasteiger partial charge in [0.25, 0.3) is 0 Å². The van der Waals surface area contributed by atoms with Gasteiger partial charge in [0.1, 0.15) is 12.5 Å². The van der Waals surface area contributed by atoms with Crippen LogP contribution in [-0.4, -0.2) is 24.0 Å². The summed E-state index contributed by atoms with van der Waals surface area (Å²) < 4.78 is 12.3. The Hall–Kier alpha value is -2.24. The standard InChI is InChI=1S/C16H16ClN3O2/c1-21-10-20-15-7-6-13(22-2)9-14(15)16(19-20)18-12-5-3-4-11(17)8-12/h3-9H,10H2,1-2H3,(H,18,19). The largest absolute Gasteiger partial charge is 0.497 e. The molecule has 0 radical (unpaired) electrons. The van der Waals surface area contributed by atoms with E-state index in [1.54, 1.807) is 18.9 Å². The fourth-order valence-electron chi connectivity index (χ4n) is 2.30. The van der Waals surface area contributed by atoms with Gasteiger partial charge in [0, 0.05) is 23.2 Å². The second-order valence-corrected chi connectivity index (χ2v) is 5.22. The Bertz CT molecular complexity index is 801. The lowest BCUT2D eigenvalue weighted by Crippen LogP contribution is -2.02. The van der Waals surface area contributed by atoms with Crippen molar-refractivity contribution < 1.29 is 9.47 Å². The summed E-state index contributed by atoms with van der Waals surface area (Å²) in [6, 6.07) is 13.3. The third kappa shape index (κ3) is 2.86. The van der Waals surface area contributed by atoms with E-state index in [1.807, 2.05) is 42.5 Å². The zero-order valence-electron chi connectivity index (χ0n) is 12.3. The van der Waals surface area contributed by atoms with E-state index in [0.29, 0.717) is 11.8 Å². The van der Waals surface area contributed by atoms with Crippen LogP contribution in [0.1, 0.15) is 0 Å². The van der Waals surface area contributed by atoms with E-state index < -0.39 is 0 Å². The molecule has 2 aromatic carbocycles. The van der Waals surface area contributed by atoms with Crippen molar-refractivity contribution in [2.45, 2.75) is 6.73 Å². The number of nitrogens with zero attached hydrogens (tertiary/aromatic N) is 2. The van der Waals surface area contributed by atoms with Crippen LogP contribution in [0.5, 0.6) is 5.75 Å². The van der Waals surface area contributed by atoms with Crippen molar-refractivity contribution in [1.82, 2.24) is 9.78 Å². The molecule has 0 aliphatic rings. The number of hydrogen-bond donors (Lipinski definition) is 1. The molecule has 114 valence electrons. The summed E-state index contributed by atoms with van der Waals surface area (Å²) in [6.45, 7) is 0.375. The first-order chi connectivity index (χ1) is 10.7. The van der Waals surface area contributed by atoms with Gasteiger partial charge in [-0.2, -0.15) is 5.10 Å². The van der Waals surface area contributed by atoms with Crippen LogP contribution in [0.25, 0.3) is 10.9 Å². The van der Waals surface area contributed by atoms with Gasteiger partial charge in [0.05, 0.1) is 12.6 Å². The highest BCUT2D eigenvalue weighted by Crippen LogP contribution is 2.30. The molecular formula is C16H16ClN3O2. The predicted octanol–water partition coefficient (Wildman–Crippen LogP) is 4.05. The smallest absolute Gasteiger partial charge is 0.160 e. The van der Waals surface area contributed by atoms with E-state index in [-0.39, 0.29) is 0 Å². The van der Waals surface area contributed by atoms with E-state index in [2.05, 4.69) is 10.4 Å². The Morgan fingerprint density at radius 3 is 2.77 bits per heavy atom. The van der Waals surface area contributed by atoms with E-state index in [0.717, 1.165) is 28.2 Å². The van der Waals surface area contributed by atoms with Gasteiger partial charge in [0.15, 0.2) is 5.82 Å². The summed E-state index contributed by atoms with van der Waals surface area (Å²) >= 11 is 6.03. The summed E-state index contributed by atoms with van der Waals surface area (Å²) in [4.78, 5) is 0. The molecule has 0 aliphatic heterocycles. The number of rotatable bonds is 5. The van der Waals surface area contributed by atoms with E-state index >= 15 is 0 Å². The third-order valence-corrected chi connectivity index (χ3v) is 3.53. The molecule has 0 saturated carbocycles. The second kappa shape index (κ2) is 6.25. The van der Waals surface area contributed by atoms with Crippen molar-refractivity contribution in [2.75, 3.05) is 19.5 Å². The number of benzene rings is 2. The van der Waals surface area contributed by atoms with Crippen molar-refractivity contribution in [3.05, 3.63) is 47.5 Å². The zero-order chi connectivity index (χ0) is 15.5. The van der Waals surface area contributed by atoms with Crippen LogP contribution in [0.15, 0.2) is 42.5 Å². The highest BCUT2D eigenvalue weighted by molar-refractivity contribution is 6.30. The molecule has 1 aromatic heterocycles. The molecule has 0 aliphatic carbocycles. The molecule has 0 bridgehead atoms. The van der Waals surface area contributed by atoms with Crippen LogP contribution in [0.4, 0.5) is 11.5 Å². The summed E-state index contributed by atoms with van der Waals surface area (Å²) in [5.74, 6) is 1.51. The van der Waals surface area contributed by atoms with Crippen molar-refractivity contribution in [2.24, 2.45) is 0 Å². The van der Waals surface area contributed by atoms with Crippen LogP contribution in [-0.2, 0) is 11.5 Å². The number of aromatic nitrogens is 2. The van der Waals surface area contributed by atoms with E-state index in [9.17, 15) is 0 Å². The van der Waals surface area contributed by atoms with Crippen molar-refractivity contribution in [3.63, 3.8) is 0 Å². The molecule has 0 unspecified atom stereocenters. The Labute approximate surface area is 133 Å². The normalized spacial score (nSPS) is 10.9. The predicted molar refractivity (Wildman–Crippen MR) is 88.0 cm³/mol. The van der Waals surface area contributed by atoms with E-state index in [4.69, 9.17) is 21.1 Å². The molecule has 3 rings (SSSR count). The molecule has 0 saturated heterocycles. The molecule has 22 heavy (non-hydrogen) atoms. The molecule has 3 aromatic rings. The molecule has 1 N–H and O–H groups in total. The Kier molecular flexibility index (Phi) is 4.18. The van der Waals surface area contributed by atoms with Crippen LogP contribution in [0.3, 0.4) is 0 Å².